The quantitative estimate of drug-likeness (QED) is 0.867. The fourth-order valence-corrected chi connectivity index (χ4v) is 3.48. The van der Waals surface area contributed by atoms with Crippen LogP contribution in [0.1, 0.15) is 30.5 Å². The van der Waals surface area contributed by atoms with E-state index in [0.29, 0.717) is 12.1 Å². The largest absolute Gasteiger partial charge is 0.467 e. The van der Waals surface area contributed by atoms with Gasteiger partial charge >= 0.3 is 6.03 Å². The Labute approximate surface area is 133 Å². The first kappa shape index (κ1) is 14.1. The summed E-state index contributed by atoms with van der Waals surface area (Å²) in [5, 5.41) is 3.03. The molecule has 1 N–H and O–H groups in total. The van der Waals surface area contributed by atoms with Gasteiger partial charge in [0.1, 0.15) is 11.6 Å². The predicted octanol–water partition coefficient (Wildman–Crippen LogP) is 3.90. The summed E-state index contributed by atoms with van der Waals surface area (Å²) in [4.78, 5) is 14.2. The van der Waals surface area contributed by atoms with E-state index >= 15 is 0 Å². The second-order valence-corrected chi connectivity index (χ2v) is 6.34. The standard InChI is InChI=1S/C18H17FN2O2/c1-11-3-8-16-14(9-11)15-10-18(2,23-16)21(17(22)20-15)13-6-4-12(19)5-7-13/h3-9,15H,10H2,1-2H3,(H,20,22). The van der Waals surface area contributed by atoms with Crippen LogP contribution < -0.4 is 15.0 Å². The number of carbonyl (C=O) groups is 1. The van der Waals surface area contributed by atoms with Crippen molar-refractivity contribution in [2.75, 3.05) is 4.90 Å². The Morgan fingerprint density at radius 2 is 2.00 bits per heavy atom. The van der Waals surface area contributed by atoms with Crippen LogP contribution in [-0.2, 0) is 0 Å². The molecule has 5 heteroatoms. The number of nitrogens with zero attached hydrogens (tertiary/aromatic N) is 1. The van der Waals surface area contributed by atoms with Crippen molar-refractivity contribution in [2.45, 2.75) is 32.0 Å². The zero-order chi connectivity index (χ0) is 16.2. The summed E-state index contributed by atoms with van der Waals surface area (Å²) in [5.74, 6) is 0.445. The van der Waals surface area contributed by atoms with Crippen LogP contribution in [0.2, 0.25) is 0 Å². The molecular weight excluding hydrogens is 295 g/mol. The highest BCUT2D eigenvalue weighted by molar-refractivity contribution is 5.94. The summed E-state index contributed by atoms with van der Waals surface area (Å²) >= 11 is 0. The highest BCUT2D eigenvalue weighted by Gasteiger charge is 2.49. The fourth-order valence-electron chi connectivity index (χ4n) is 3.48. The lowest BCUT2D eigenvalue weighted by atomic mass is 9.89. The van der Waals surface area contributed by atoms with Crippen molar-refractivity contribution in [1.82, 2.24) is 5.32 Å². The lowest BCUT2D eigenvalue weighted by Gasteiger charge is -2.50. The minimum absolute atomic E-state index is 0.0761. The summed E-state index contributed by atoms with van der Waals surface area (Å²) in [6.45, 7) is 3.91. The molecule has 1 fully saturated rings. The number of hydrogen-bond donors (Lipinski definition) is 1. The van der Waals surface area contributed by atoms with Gasteiger partial charge in [0, 0.05) is 17.7 Å². The highest BCUT2D eigenvalue weighted by atomic mass is 19.1. The lowest BCUT2D eigenvalue weighted by molar-refractivity contribution is 0.0378. The number of urea groups is 1. The Hall–Kier alpha value is -2.56. The molecule has 0 aromatic heterocycles. The third kappa shape index (κ3) is 2.15. The smallest absolute Gasteiger partial charge is 0.325 e. The average Bonchev–Trinajstić information content (AvgIpc) is 2.49. The summed E-state index contributed by atoms with van der Waals surface area (Å²) in [7, 11) is 0. The molecule has 118 valence electrons. The van der Waals surface area contributed by atoms with Crippen molar-refractivity contribution >= 4 is 11.7 Å². The Morgan fingerprint density at radius 3 is 2.74 bits per heavy atom. The summed E-state index contributed by atoms with van der Waals surface area (Å²) in [6.07, 6.45) is 0.632. The Bertz CT molecular complexity index is 790. The number of amides is 2. The number of anilines is 1. The number of ether oxygens (including phenoxy) is 1. The van der Waals surface area contributed by atoms with Gasteiger partial charge in [-0.05, 0) is 44.2 Å². The van der Waals surface area contributed by atoms with E-state index in [2.05, 4.69) is 5.32 Å². The van der Waals surface area contributed by atoms with E-state index in [0.717, 1.165) is 16.9 Å². The van der Waals surface area contributed by atoms with Gasteiger partial charge < -0.3 is 10.1 Å². The van der Waals surface area contributed by atoms with Gasteiger partial charge in [-0.2, -0.15) is 0 Å². The molecule has 2 aromatic carbocycles. The summed E-state index contributed by atoms with van der Waals surface area (Å²) < 4.78 is 19.4. The number of hydrogen-bond acceptors (Lipinski definition) is 2. The Morgan fingerprint density at radius 1 is 1.26 bits per heavy atom. The molecule has 2 aliphatic rings. The Balaban J connectivity index is 1.79. The highest BCUT2D eigenvalue weighted by Crippen LogP contribution is 2.45. The number of benzene rings is 2. The monoisotopic (exact) mass is 312 g/mol. The van der Waals surface area contributed by atoms with Gasteiger partial charge in [-0.1, -0.05) is 17.7 Å². The molecule has 2 aliphatic heterocycles. The molecule has 2 heterocycles. The van der Waals surface area contributed by atoms with Crippen molar-refractivity contribution in [1.29, 1.82) is 0 Å². The van der Waals surface area contributed by atoms with Crippen LogP contribution in [-0.4, -0.2) is 11.8 Å². The first-order chi connectivity index (χ1) is 11.0. The first-order valence-electron chi connectivity index (χ1n) is 7.62. The van der Waals surface area contributed by atoms with E-state index in [-0.39, 0.29) is 17.9 Å². The van der Waals surface area contributed by atoms with Crippen molar-refractivity contribution < 1.29 is 13.9 Å². The van der Waals surface area contributed by atoms with Crippen LogP contribution in [0.4, 0.5) is 14.9 Å². The first-order valence-corrected chi connectivity index (χ1v) is 7.62. The molecule has 2 atom stereocenters. The van der Waals surface area contributed by atoms with E-state index in [1.807, 2.05) is 32.0 Å². The maximum atomic E-state index is 13.2. The zero-order valence-corrected chi connectivity index (χ0v) is 13.0. The van der Waals surface area contributed by atoms with Crippen molar-refractivity contribution in [2.24, 2.45) is 0 Å². The van der Waals surface area contributed by atoms with Crippen molar-refractivity contribution in [3.05, 3.63) is 59.4 Å². The van der Waals surface area contributed by atoms with Gasteiger partial charge in [0.05, 0.1) is 6.04 Å². The number of halogens is 1. The molecular formula is C18H17FN2O2. The van der Waals surface area contributed by atoms with Crippen molar-refractivity contribution in [3.63, 3.8) is 0 Å². The van der Waals surface area contributed by atoms with E-state index < -0.39 is 5.72 Å². The predicted molar refractivity (Wildman–Crippen MR) is 85.0 cm³/mol. The van der Waals surface area contributed by atoms with E-state index in [1.165, 1.54) is 12.1 Å². The number of carbonyl (C=O) groups excluding carboxylic acids is 1. The molecule has 2 amide bonds. The van der Waals surface area contributed by atoms with Gasteiger partial charge in [-0.15, -0.1) is 0 Å². The topological polar surface area (TPSA) is 41.6 Å². The summed E-state index contributed by atoms with van der Waals surface area (Å²) in [5.41, 5.74) is 1.95. The van der Waals surface area contributed by atoms with Gasteiger partial charge in [-0.25, -0.2) is 9.18 Å². The minimum Gasteiger partial charge on any atom is -0.467 e. The molecule has 1 saturated heterocycles. The maximum absolute atomic E-state index is 13.2. The minimum atomic E-state index is -0.799. The van der Waals surface area contributed by atoms with Gasteiger partial charge in [0.25, 0.3) is 0 Å². The van der Waals surface area contributed by atoms with Crippen LogP contribution >= 0.6 is 0 Å². The van der Waals surface area contributed by atoms with E-state index in [9.17, 15) is 9.18 Å². The molecule has 2 unspecified atom stereocenters. The SMILES string of the molecule is Cc1ccc2c(c1)C1CC(C)(O2)N(c2ccc(F)cc2)C(=O)N1. The normalized spacial score (nSPS) is 25.4. The third-order valence-electron chi connectivity index (χ3n) is 4.51. The molecule has 2 bridgehead atoms. The van der Waals surface area contributed by atoms with Crippen LogP contribution in [0.3, 0.4) is 0 Å². The third-order valence-corrected chi connectivity index (χ3v) is 4.51. The van der Waals surface area contributed by atoms with E-state index in [4.69, 9.17) is 4.74 Å². The zero-order valence-electron chi connectivity index (χ0n) is 13.0. The van der Waals surface area contributed by atoms with Crippen LogP contribution in [0, 0.1) is 12.7 Å². The molecule has 0 saturated carbocycles. The van der Waals surface area contributed by atoms with Gasteiger partial charge in [-0.3, -0.25) is 4.90 Å². The molecule has 2 aromatic rings. The molecule has 0 radical (unpaired) electrons. The second-order valence-electron chi connectivity index (χ2n) is 6.34. The van der Waals surface area contributed by atoms with E-state index in [1.54, 1.807) is 17.0 Å². The number of aryl methyl sites for hydroxylation is 1. The number of rotatable bonds is 1. The number of nitrogens with one attached hydrogen (secondary N) is 1. The fraction of sp³-hybridized carbons (Fsp3) is 0.278. The average molecular weight is 312 g/mol. The number of fused-ring (bicyclic) bond motifs is 4. The molecule has 4 rings (SSSR count). The maximum Gasteiger partial charge on any atom is 0.325 e. The second kappa shape index (κ2) is 4.72. The van der Waals surface area contributed by atoms with Crippen LogP contribution in [0.5, 0.6) is 5.75 Å². The van der Waals surface area contributed by atoms with Crippen LogP contribution in [0.15, 0.2) is 42.5 Å². The van der Waals surface area contributed by atoms with Crippen LogP contribution in [0.25, 0.3) is 0 Å². The molecule has 0 aliphatic carbocycles. The van der Waals surface area contributed by atoms with Gasteiger partial charge in [0.15, 0.2) is 5.72 Å². The molecule has 23 heavy (non-hydrogen) atoms. The van der Waals surface area contributed by atoms with Crippen molar-refractivity contribution in [3.8, 4) is 5.75 Å². The lowest BCUT2D eigenvalue weighted by Crippen LogP contribution is -2.65. The summed E-state index contributed by atoms with van der Waals surface area (Å²) in [6, 6.07) is 11.5. The molecule has 0 spiro atoms. The molecule has 4 nitrogen and oxygen atoms in total. The van der Waals surface area contributed by atoms with Gasteiger partial charge in [0.2, 0.25) is 0 Å². The Kier molecular flexibility index (Phi) is 2.88.